The number of piperidine rings is 1. The molecule has 0 saturated carbocycles. The molecule has 1 saturated heterocycles. The standard InChI is InChI=1S/C22H30N2O2S/c1-18-7-5-13-24(16-18)12-3-2-11-23-22(25)19-8-4-9-20(15-19)26-17-21-10-6-14-27-21/h4,6,8-10,14-15,18H,2-3,5,7,11-13,16-17H2,1H3,(H,23,25). The number of hydrogen-bond donors (Lipinski definition) is 1. The van der Waals surface area contributed by atoms with Crippen LogP contribution in [0.3, 0.4) is 0 Å². The molecule has 1 fully saturated rings. The van der Waals surface area contributed by atoms with E-state index in [-0.39, 0.29) is 5.91 Å². The van der Waals surface area contributed by atoms with Gasteiger partial charge in [0.25, 0.3) is 5.91 Å². The van der Waals surface area contributed by atoms with Gasteiger partial charge in [-0.05, 0) is 74.3 Å². The van der Waals surface area contributed by atoms with Gasteiger partial charge in [0, 0.05) is 23.5 Å². The third-order valence-electron chi connectivity index (χ3n) is 4.99. The van der Waals surface area contributed by atoms with Gasteiger partial charge in [-0.3, -0.25) is 4.79 Å². The molecule has 0 radical (unpaired) electrons. The van der Waals surface area contributed by atoms with E-state index in [4.69, 9.17) is 4.74 Å². The normalized spacial score (nSPS) is 17.6. The van der Waals surface area contributed by atoms with Crippen LogP contribution in [0.2, 0.25) is 0 Å². The highest BCUT2D eigenvalue weighted by molar-refractivity contribution is 7.09. The van der Waals surface area contributed by atoms with Crippen LogP contribution in [0.1, 0.15) is 47.8 Å². The first kappa shape index (κ1) is 19.9. The Hall–Kier alpha value is -1.85. The van der Waals surface area contributed by atoms with E-state index >= 15 is 0 Å². The Kier molecular flexibility index (Phi) is 7.72. The van der Waals surface area contributed by atoms with Gasteiger partial charge in [-0.1, -0.05) is 19.1 Å². The smallest absolute Gasteiger partial charge is 0.251 e. The number of hydrogen-bond acceptors (Lipinski definition) is 4. The molecule has 1 unspecified atom stereocenters. The minimum atomic E-state index is -0.0248. The quantitative estimate of drug-likeness (QED) is 0.642. The molecule has 5 heteroatoms. The van der Waals surface area contributed by atoms with Gasteiger partial charge in [0.15, 0.2) is 0 Å². The van der Waals surface area contributed by atoms with Crippen molar-refractivity contribution < 1.29 is 9.53 Å². The zero-order valence-corrected chi connectivity index (χ0v) is 17.0. The lowest BCUT2D eigenvalue weighted by Gasteiger charge is -2.30. The number of likely N-dealkylation sites (tertiary alicyclic amines) is 1. The van der Waals surface area contributed by atoms with Gasteiger partial charge in [-0.15, -0.1) is 11.3 Å². The highest BCUT2D eigenvalue weighted by atomic mass is 32.1. The fourth-order valence-electron chi connectivity index (χ4n) is 3.53. The van der Waals surface area contributed by atoms with Gasteiger partial charge in [0.2, 0.25) is 0 Å². The van der Waals surface area contributed by atoms with Crippen LogP contribution in [0.25, 0.3) is 0 Å². The molecule has 146 valence electrons. The molecule has 0 spiro atoms. The summed E-state index contributed by atoms with van der Waals surface area (Å²) >= 11 is 1.67. The average molecular weight is 387 g/mol. The van der Waals surface area contributed by atoms with E-state index in [0.717, 1.165) is 37.6 Å². The number of benzene rings is 1. The van der Waals surface area contributed by atoms with Gasteiger partial charge >= 0.3 is 0 Å². The zero-order chi connectivity index (χ0) is 18.9. The number of nitrogens with one attached hydrogen (secondary N) is 1. The molecule has 0 aliphatic carbocycles. The molecule has 1 aromatic carbocycles. The van der Waals surface area contributed by atoms with Crippen LogP contribution in [0.4, 0.5) is 0 Å². The summed E-state index contributed by atoms with van der Waals surface area (Å²) in [7, 11) is 0. The zero-order valence-electron chi connectivity index (χ0n) is 16.2. The number of rotatable bonds is 9. The second kappa shape index (κ2) is 10.5. The first-order valence-corrected chi connectivity index (χ1v) is 10.8. The highest BCUT2D eigenvalue weighted by Gasteiger charge is 2.15. The topological polar surface area (TPSA) is 41.6 Å². The predicted octanol–water partition coefficient (Wildman–Crippen LogP) is 4.57. The predicted molar refractivity (Wildman–Crippen MR) is 111 cm³/mol. The van der Waals surface area contributed by atoms with Crippen LogP contribution in [0.5, 0.6) is 5.75 Å². The number of amides is 1. The van der Waals surface area contributed by atoms with Crippen molar-refractivity contribution in [1.82, 2.24) is 10.2 Å². The largest absolute Gasteiger partial charge is 0.488 e. The number of carbonyl (C=O) groups is 1. The molecule has 2 aromatic rings. The molecule has 1 atom stereocenters. The molecule has 4 nitrogen and oxygen atoms in total. The summed E-state index contributed by atoms with van der Waals surface area (Å²) in [5.41, 5.74) is 0.656. The van der Waals surface area contributed by atoms with Crippen LogP contribution < -0.4 is 10.1 Å². The van der Waals surface area contributed by atoms with Crippen LogP contribution in [0, 0.1) is 5.92 Å². The SMILES string of the molecule is CC1CCCN(CCCCNC(=O)c2cccc(OCc3cccs3)c2)C1. The fourth-order valence-corrected chi connectivity index (χ4v) is 4.15. The lowest BCUT2D eigenvalue weighted by Crippen LogP contribution is -2.35. The molecule has 1 aromatic heterocycles. The molecule has 3 rings (SSSR count). The number of thiophene rings is 1. The molecular formula is C22H30N2O2S. The summed E-state index contributed by atoms with van der Waals surface area (Å²) in [6.07, 6.45) is 4.84. The van der Waals surface area contributed by atoms with Gasteiger partial charge in [-0.2, -0.15) is 0 Å². The van der Waals surface area contributed by atoms with Crippen LogP contribution in [0.15, 0.2) is 41.8 Å². The summed E-state index contributed by atoms with van der Waals surface area (Å²) in [5.74, 6) is 1.53. The van der Waals surface area contributed by atoms with Gasteiger partial charge in [-0.25, -0.2) is 0 Å². The van der Waals surface area contributed by atoms with Crippen molar-refractivity contribution in [1.29, 1.82) is 0 Å². The Morgan fingerprint density at radius 1 is 1.30 bits per heavy atom. The minimum Gasteiger partial charge on any atom is -0.488 e. The molecule has 2 heterocycles. The van der Waals surface area contributed by atoms with Gasteiger partial charge in [0.1, 0.15) is 12.4 Å². The van der Waals surface area contributed by atoms with Crippen LogP contribution in [-0.2, 0) is 6.61 Å². The van der Waals surface area contributed by atoms with Crippen molar-refractivity contribution in [2.24, 2.45) is 5.92 Å². The molecule has 1 N–H and O–H groups in total. The number of nitrogens with zero attached hydrogens (tertiary/aromatic N) is 1. The maximum absolute atomic E-state index is 12.4. The molecule has 27 heavy (non-hydrogen) atoms. The van der Waals surface area contributed by atoms with E-state index in [1.807, 2.05) is 41.8 Å². The highest BCUT2D eigenvalue weighted by Crippen LogP contribution is 2.17. The summed E-state index contributed by atoms with van der Waals surface area (Å²) in [6, 6.07) is 11.5. The molecule has 0 bridgehead atoms. The van der Waals surface area contributed by atoms with E-state index in [2.05, 4.69) is 17.1 Å². The van der Waals surface area contributed by atoms with Crippen molar-refractivity contribution in [3.8, 4) is 5.75 Å². The Morgan fingerprint density at radius 2 is 2.22 bits per heavy atom. The first-order chi connectivity index (χ1) is 13.2. The Labute approximate surface area is 166 Å². The molecule has 1 aliphatic heterocycles. The number of ether oxygens (including phenoxy) is 1. The summed E-state index contributed by atoms with van der Waals surface area (Å²) in [6.45, 7) is 7.21. The summed E-state index contributed by atoms with van der Waals surface area (Å²) in [4.78, 5) is 16.1. The van der Waals surface area contributed by atoms with Crippen molar-refractivity contribution in [3.05, 3.63) is 52.2 Å². The minimum absolute atomic E-state index is 0.0248. The van der Waals surface area contributed by atoms with Crippen molar-refractivity contribution in [2.45, 2.75) is 39.2 Å². The van der Waals surface area contributed by atoms with E-state index in [9.17, 15) is 4.79 Å². The Balaban J connectivity index is 1.35. The van der Waals surface area contributed by atoms with Crippen molar-refractivity contribution in [3.63, 3.8) is 0 Å². The average Bonchev–Trinajstić information content (AvgIpc) is 3.20. The summed E-state index contributed by atoms with van der Waals surface area (Å²) < 4.78 is 5.78. The number of unbranched alkanes of at least 4 members (excludes halogenated alkanes) is 1. The second-order valence-corrected chi connectivity index (χ2v) is 8.44. The third-order valence-corrected chi connectivity index (χ3v) is 5.84. The third kappa shape index (κ3) is 6.67. The van der Waals surface area contributed by atoms with E-state index < -0.39 is 0 Å². The van der Waals surface area contributed by atoms with Crippen LogP contribution >= 0.6 is 11.3 Å². The molecular weight excluding hydrogens is 356 g/mol. The maximum Gasteiger partial charge on any atom is 0.251 e. The van der Waals surface area contributed by atoms with Crippen molar-refractivity contribution >= 4 is 17.2 Å². The van der Waals surface area contributed by atoms with E-state index in [0.29, 0.717) is 12.2 Å². The number of carbonyl (C=O) groups excluding carboxylic acids is 1. The fraction of sp³-hybridized carbons (Fsp3) is 0.500. The molecule has 1 aliphatic rings. The molecule has 1 amide bonds. The lowest BCUT2D eigenvalue weighted by molar-refractivity contribution is 0.0951. The summed E-state index contributed by atoms with van der Waals surface area (Å²) in [5, 5.41) is 5.07. The Morgan fingerprint density at radius 3 is 3.04 bits per heavy atom. The van der Waals surface area contributed by atoms with E-state index in [1.54, 1.807) is 11.3 Å². The van der Waals surface area contributed by atoms with Gasteiger partial charge < -0.3 is 15.0 Å². The lowest BCUT2D eigenvalue weighted by atomic mass is 10.0. The Bertz CT molecular complexity index is 702. The van der Waals surface area contributed by atoms with Crippen molar-refractivity contribution in [2.75, 3.05) is 26.2 Å². The second-order valence-electron chi connectivity index (χ2n) is 7.41. The van der Waals surface area contributed by atoms with E-state index in [1.165, 1.54) is 30.8 Å². The first-order valence-electron chi connectivity index (χ1n) is 9.96. The monoisotopic (exact) mass is 386 g/mol. The van der Waals surface area contributed by atoms with Gasteiger partial charge in [0.05, 0.1) is 0 Å². The van der Waals surface area contributed by atoms with Crippen LogP contribution in [-0.4, -0.2) is 37.0 Å². The maximum atomic E-state index is 12.4.